The summed E-state index contributed by atoms with van der Waals surface area (Å²) in [5.74, 6) is 0. The summed E-state index contributed by atoms with van der Waals surface area (Å²) >= 11 is -3.20. The van der Waals surface area contributed by atoms with Crippen LogP contribution in [0.5, 0.6) is 0 Å². The second-order valence-corrected chi connectivity index (χ2v) is 59.4. The van der Waals surface area contributed by atoms with Gasteiger partial charge >= 0.3 is 341 Å². The van der Waals surface area contributed by atoms with Gasteiger partial charge in [-0.05, 0) is 0 Å². The van der Waals surface area contributed by atoms with Crippen LogP contribution < -0.4 is 20.7 Å². The molecule has 2 aliphatic carbocycles. The number of rotatable bonds is 8. The van der Waals surface area contributed by atoms with E-state index in [2.05, 4.69) is 187 Å². The Labute approximate surface area is 338 Å². The molecule has 54 heavy (non-hydrogen) atoms. The number of benzene rings is 4. The normalized spacial score (nSPS) is 20.1. The quantitative estimate of drug-likeness (QED) is 0.154. The summed E-state index contributed by atoms with van der Waals surface area (Å²) in [6.45, 7) is 35.2. The fourth-order valence-corrected chi connectivity index (χ4v) is 32.5. The van der Waals surface area contributed by atoms with Gasteiger partial charge in [-0.3, -0.25) is 0 Å². The van der Waals surface area contributed by atoms with E-state index in [1.165, 1.54) is 35.1 Å². The fraction of sp³-hybridized carbons (Fsp3) is 0.429. The maximum absolute atomic E-state index is 3.20. The first-order valence-electron chi connectivity index (χ1n) is 21.0. The molecular weight excluding hydrogens is 879 g/mol. The van der Waals surface area contributed by atoms with Gasteiger partial charge in [0, 0.05) is 0 Å². The first-order valence-corrected chi connectivity index (χ1v) is 46.3. The van der Waals surface area contributed by atoms with Crippen molar-refractivity contribution in [2.45, 2.75) is 122 Å². The second kappa shape index (κ2) is 13.3. The zero-order chi connectivity index (χ0) is 39.6. The van der Waals surface area contributed by atoms with Crippen molar-refractivity contribution < 1.29 is 20.0 Å². The van der Waals surface area contributed by atoms with Gasteiger partial charge in [-0.2, -0.15) is 0 Å². The van der Waals surface area contributed by atoms with Crippen LogP contribution in [0.25, 0.3) is 34.4 Å². The molecule has 7 rings (SSSR count). The first kappa shape index (κ1) is 40.3. The Balaban J connectivity index is 1.45. The van der Waals surface area contributed by atoms with Crippen LogP contribution in [0.1, 0.15) is 56.3 Å². The molecule has 0 aromatic heterocycles. The van der Waals surface area contributed by atoms with Gasteiger partial charge in [0.2, 0.25) is 0 Å². The van der Waals surface area contributed by atoms with Crippen LogP contribution in [-0.4, -0.2) is 32.3 Å². The molecular formula is C49H68HfSi4. The summed E-state index contributed by atoms with van der Waals surface area (Å²) in [6, 6.07) is 30.4. The predicted octanol–water partition coefficient (Wildman–Crippen LogP) is 12.8. The molecule has 4 aromatic rings. The van der Waals surface area contributed by atoms with E-state index in [9.17, 15) is 0 Å². The zero-order valence-corrected chi connectivity index (χ0v) is 44.2. The van der Waals surface area contributed by atoms with Crippen LogP contribution in [0, 0.1) is 5.41 Å². The van der Waals surface area contributed by atoms with Crippen LogP contribution in [0.2, 0.25) is 87.9 Å². The Morgan fingerprint density at radius 1 is 0.481 bits per heavy atom. The molecule has 0 nitrogen and oxygen atoms in total. The van der Waals surface area contributed by atoms with Gasteiger partial charge in [0.15, 0.2) is 0 Å². The van der Waals surface area contributed by atoms with E-state index in [1.807, 2.05) is 0 Å². The van der Waals surface area contributed by atoms with E-state index in [4.69, 9.17) is 0 Å². The van der Waals surface area contributed by atoms with Gasteiger partial charge in [0.05, 0.1) is 0 Å². The molecule has 284 valence electrons. The third-order valence-electron chi connectivity index (χ3n) is 13.9. The van der Waals surface area contributed by atoms with E-state index in [1.54, 1.807) is 54.1 Å². The van der Waals surface area contributed by atoms with Gasteiger partial charge < -0.3 is 0 Å². The number of hydrogen-bond acceptors (Lipinski definition) is 0. The van der Waals surface area contributed by atoms with Crippen molar-refractivity contribution in [3.63, 3.8) is 0 Å². The molecule has 1 aliphatic heterocycles. The molecule has 4 aromatic carbocycles. The molecule has 3 aliphatic rings. The molecule has 2 atom stereocenters. The van der Waals surface area contributed by atoms with Crippen molar-refractivity contribution in [3.05, 3.63) is 106 Å². The average molecular weight is 948 g/mol. The Morgan fingerprint density at radius 3 is 1.07 bits per heavy atom. The number of fused-ring (bicyclic) bond motifs is 6. The van der Waals surface area contributed by atoms with Crippen molar-refractivity contribution in [2.75, 3.05) is 0 Å². The first-order chi connectivity index (χ1) is 24.9. The Kier molecular flexibility index (Phi) is 9.95. The zero-order valence-electron chi connectivity index (χ0n) is 36.7. The Morgan fingerprint density at radius 2 is 0.796 bits per heavy atom. The van der Waals surface area contributed by atoms with Crippen LogP contribution in [0.4, 0.5) is 0 Å². The SMILES string of the molecule is CCC1(CC)C2=Cc3c(-c4cc([Si](C)(C)C)cc([Si](C)(C)C)c4)cccc3[CH]2[Hf]([CH3])([CH3])[CH]2C1=Cc1c(-c3cc([Si](C)(C)C)cc([Si](C)(C)C)c3)cccc12. The third-order valence-corrected chi connectivity index (χ3v) is 37.1. The summed E-state index contributed by atoms with van der Waals surface area (Å²) in [5, 5.41) is 6.42. The standard InChI is InChI=1S/C47H62Si4.2CH3.Hf/c1-15-47(16-2,37-23-33-19-17-21-43(45(33)29-37)35-25-39(48(3,4)5)31-40(26-35)49(6,7)8)38-24-34-20-18-22-44(46(34)30-38)36-27-41(50(9,10)11)32-42(28-36)51(12,13)14;;;/h17-32H,15-16H2,1-14H3;2*1H3;. The van der Waals surface area contributed by atoms with Crippen molar-refractivity contribution in [2.24, 2.45) is 5.41 Å². The van der Waals surface area contributed by atoms with E-state index in [0.29, 0.717) is 7.35 Å². The third kappa shape index (κ3) is 6.52. The summed E-state index contributed by atoms with van der Waals surface area (Å²) in [6.07, 6.45) is 7.86. The summed E-state index contributed by atoms with van der Waals surface area (Å²) in [4.78, 5) is 0. The molecule has 1 heterocycles. The number of allylic oxidation sites excluding steroid dienone is 2. The maximum atomic E-state index is 2.83. The minimum atomic E-state index is -3.20. The molecule has 2 unspecified atom stereocenters. The predicted molar refractivity (Wildman–Crippen MR) is 252 cm³/mol. The second-order valence-electron chi connectivity index (χ2n) is 21.9. The van der Waals surface area contributed by atoms with Gasteiger partial charge in [-0.15, -0.1) is 0 Å². The van der Waals surface area contributed by atoms with E-state index in [-0.39, 0.29) is 5.41 Å². The van der Waals surface area contributed by atoms with Crippen LogP contribution in [0.3, 0.4) is 0 Å². The molecule has 0 amide bonds. The molecule has 0 N–H and O–H groups in total. The molecule has 1 fully saturated rings. The molecule has 0 radical (unpaired) electrons. The summed E-state index contributed by atoms with van der Waals surface area (Å²) in [5.41, 5.74) is 15.9. The number of hydrogen-bond donors (Lipinski definition) is 0. The Hall–Kier alpha value is -1.90. The van der Waals surface area contributed by atoms with Gasteiger partial charge in [-0.1, -0.05) is 0 Å². The van der Waals surface area contributed by atoms with Crippen LogP contribution >= 0.6 is 0 Å². The van der Waals surface area contributed by atoms with Gasteiger partial charge in [-0.25, -0.2) is 0 Å². The van der Waals surface area contributed by atoms with Crippen molar-refractivity contribution in [1.29, 1.82) is 0 Å². The molecule has 0 bridgehead atoms. The van der Waals surface area contributed by atoms with Crippen molar-refractivity contribution in [1.82, 2.24) is 0 Å². The summed E-state index contributed by atoms with van der Waals surface area (Å²) in [7, 11) is -6.05. The molecule has 0 spiro atoms. The summed E-state index contributed by atoms with van der Waals surface area (Å²) < 4.78 is 6.86. The molecule has 1 saturated heterocycles. The monoisotopic (exact) mass is 948 g/mol. The van der Waals surface area contributed by atoms with Crippen molar-refractivity contribution >= 4 is 65.2 Å². The van der Waals surface area contributed by atoms with Gasteiger partial charge in [0.1, 0.15) is 0 Å². The van der Waals surface area contributed by atoms with E-state index in [0.717, 1.165) is 0 Å². The van der Waals surface area contributed by atoms with E-state index < -0.39 is 52.3 Å². The molecule has 5 heteroatoms. The Bertz CT molecular complexity index is 2000. The van der Waals surface area contributed by atoms with Crippen LogP contribution in [0.15, 0.2) is 83.9 Å². The molecule has 0 saturated carbocycles. The van der Waals surface area contributed by atoms with Gasteiger partial charge in [0.25, 0.3) is 0 Å². The average Bonchev–Trinajstić information content (AvgIpc) is 3.68. The van der Waals surface area contributed by atoms with E-state index >= 15 is 0 Å². The fourth-order valence-electron chi connectivity index (χ4n) is 10.4. The van der Waals surface area contributed by atoms with Crippen molar-refractivity contribution in [3.8, 4) is 22.3 Å². The minimum absolute atomic E-state index is 0.0880. The van der Waals surface area contributed by atoms with Crippen LogP contribution in [-0.2, 0) is 20.0 Å². The topological polar surface area (TPSA) is 0 Å².